The predicted molar refractivity (Wildman–Crippen MR) is 50.3 cm³/mol. The van der Waals surface area contributed by atoms with E-state index in [1.54, 1.807) is 0 Å². The summed E-state index contributed by atoms with van der Waals surface area (Å²) >= 11 is 5.59. The molecule has 0 saturated carbocycles. The van der Waals surface area contributed by atoms with Crippen LogP contribution in [0.15, 0.2) is 15.6 Å². The Morgan fingerprint density at radius 1 is 1.57 bits per heavy atom. The van der Waals surface area contributed by atoms with Crippen LogP contribution in [0.25, 0.3) is 0 Å². The SMILES string of the molecule is CC(C)(O)c1cc(S(N)(=O)=O)oc1Cl. The molecule has 7 heteroatoms. The Kier molecular flexibility index (Phi) is 2.66. The molecule has 0 bridgehead atoms. The zero-order chi connectivity index (χ0) is 11.1. The summed E-state index contributed by atoms with van der Waals surface area (Å²) in [6.07, 6.45) is 0. The number of aliphatic hydroxyl groups is 1. The summed E-state index contributed by atoms with van der Waals surface area (Å²) in [6, 6.07) is 1.11. The zero-order valence-electron chi connectivity index (χ0n) is 7.61. The van der Waals surface area contributed by atoms with Crippen LogP contribution in [-0.2, 0) is 15.6 Å². The van der Waals surface area contributed by atoms with Gasteiger partial charge in [0.1, 0.15) is 0 Å². The van der Waals surface area contributed by atoms with E-state index >= 15 is 0 Å². The molecule has 5 nitrogen and oxygen atoms in total. The minimum Gasteiger partial charge on any atom is -0.431 e. The van der Waals surface area contributed by atoms with Gasteiger partial charge < -0.3 is 9.52 Å². The highest BCUT2D eigenvalue weighted by molar-refractivity contribution is 7.89. The van der Waals surface area contributed by atoms with Crippen LogP contribution in [0.4, 0.5) is 0 Å². The van der Waals surface area contributed by atoms with Gasteiger partial charge in [-0.3, -0.25) is 0 Å². The Labute approximate surface area is 86.5 Å². The van der Waals surface area contributed by atoms with Gasteiger partial charge in [0, 0.05) is 11.6 Å². The van der Waals surface area contributed by atoms with Crippen molar-refractivity contribution in [2.75, 3.05) is 0 Å². The molecule has 0 saturated heterocycles. The molecule has 1 heterocycles. The summed E-state index contributed by atoms with van der Waals surface area (Å²) in [5.41, 5.74) is -1.09. The number of furan rings is 1. The van der Waals surface area contributed by atoms with Gasteiger partial charge in [0.2, 0.25) is 10.3 Å². The number of hydrogen-bond acceptors (Lipinski definition) is 4. The van der Waals surface area contributed by atoms with Crippen molar-refractivity contribution in [2.45, 2.75) is 24.5 Å². The molecule has 0 aliphatic carbocycles. The molecule has 14 heavy (non-hydrogen) atoms. The first kappa shape index (κ1) is 11.5. The van der Waals surface area contributed by atoms with Crippen LogP contribution in [0.3, 0.4) is 0 Å². The van der Waals surface area contributed by atoms with Crippen LogP contribution in [0, 0.1) is 0 Å². The maximum atomic E-state index is 10.9. The van der Waals surface area contributed by atoms with Crippen molar-refractivity contribution in [3.63, 3.8) is 0 Å². The maximum Gasteiger partial charge on any atom is 0.271 e. The smallest absolute Gasteiger partial charge is 0.271 e. The Balaban J connectivity index is 3.33. The van der Waals surface area contributed by atoms with Crippen molar-refractivity contribution in [3.8, 4) is 0 Å². The van der Waals surface area contributed by atoms with Gasteiger partial charge in [0.25, 0.3) is 10.0 Å². The lowest BCUT2D eigenvalue weighted by Crippen LogP contribution is -2.15. The monoisotopic (exact) mass is 239 g/mol. The first-order valence-electron chi connectivity index (χ1n) is 3.67. The number of rotatable bonds is 2. The van der Waals surface area contributed by atoms with Crippen LogP contribution < -0.4 is 5.14 Å². The zero-order valence-corrected chi connectivity index (χ0v) is 9.19. The predicted octanol–water partition coefficient (Wildman–Crippen LogP) is 0.808. The Bertz CT molecular complexity index is 443. The van der Waals surface area contributed by atoms with E-state index in [1.807, 2.05) is 0 Å². The Morgan fingerprint density at radius 2 is 2.07 bits per heavy atom. The number of primary sulfonamides is 1. The molecular weight excluding hydrogens is 230 g/mol. The third kappa shape index (κ3) is 2.27. The van der Waals surface area contributed by atoms with Gasteiger partial charge in [-0.05, 0) is 25.4 Å². The van der Waals surface area contributed by atoms with E-state index in [0.29, 0.717) is 0 Å². The third-order valence-electron chi connectivity index (χ3n) is 1.60. The van der Waals surface area contributed by atoms with Crippen molar-refractivity contribution in [3.05, 3.63) is 16.8 Å². The van der Waals surface area contributed by atoms with Crippen LogP contribution in [0.1, 0.15) is 19.4 Å². The minimum absolute atomic E-state index is 0.179. The molecule has 1 rings (SSSR count). The second-order valence-electron chi connectivity index (χ2n) is 3.36. The van der Waals surface area contributed by atoms with Gasteiger partial charge in [0.15, 0.2) is 0 Å². The summed E-state index contributed by atoms with van der Waals surface area (Å²) in [6.45, 7) is 2.91. The Morgan fingerprint density at radius 3 is 2.29 bits per heavy atom. The molecule has 1 aromatic rings. The molecule has 0 atom stereocenters. The van der Waals surface area contributed by atoms with Gasteiger partial charge in [-0.15, -0.1) is 0 Å². The molecule has 80 valence electrons. The average Bonchev–Trinajstić information content (AvgIpc) is 2.27. The van der Waals surface area contributed by atoms with E-state index in [-0.39, 0.29) is 10.8 Å². The normalized spacial score (nSPS) is 13.2. The molecular formula is C7H10ClNO4S. The standard InChI is InChI=1S/C7H10ClNO4S/c1-7(2,10)4-3-5(13-6(4)8)14(9,11)12/h3,10H,1-2H3,(H2,9,11,12). The van der Waals surface area contributed by atoms with Crippen LogP contribution in [-0.4, -0.2) is 13.5 Å². The summed E-state index contributed by atoms with van der Waals surface area (Å²) in [5, 5.41) is 13.8. The van der Waals surface area contributed by atoms with Crippen molar-refractivity contribution in [1.82, 2.24) is 0 Å². The average molecular weight is 240 g/mol. The maximum absolute atomic E-state index is 10.9. The first-order valence-corrected chi connectivity index (χ1v) is 5.60. The van der Waals surface area contributed by atoms with Gasteiger partial charge in [-0.25, -0.2) is 13.6 Å². The van der Waals surface area contributed by atoms with Crippen LogP contribution >= 0.6 is 11.6 Å². The fourth-order valence-corrected chi connectivity index (χ4v) is 1.80. The topological polar surface area (TPSA) is 93.5 Å². The van der Waals surface area contributed by atoms with Gasteiger partial charge in [0.05, 0.1) is 5.60 Å². The van der Waals surface area contributed by atoms with Crippen LogP contribution in [0.2, 0.25) is 5.22 Å². The highest BCUT2D eigenvalue weighted by Crippen LogP contribution is 2.31. The summed E-state index contributed by atoms with van der Waals surface area (Å²) < 4.78 is 26.4. The van der Waals surface area contributed by atoms with Crippen molar-refractivity contribution in [1.29, 1.82) is 0 Å². The molecule has 1 aromatic heterocycles. The summed E-state index contributed by atoms with van der Waals surface area (Å²) in [7, 11) is -3.93. The van der Waals surface area contributed by atoms with Crippen LogP contribution in [0.5, 0.6) is 0 Å². The fourth-order valence-electron chi connectivity index (χ4n) is 0.905. The third-order valence-corrected chi connectivity index (χ3v) is 2.65. The van der Waals surface area contributed by atoms with Crippen molar-refractivity contribution < 1.29 is 17.9 Å². The van der Waals surface area contributed by atoms with Crippen molar-refractivity contribution in [2.24, 2.45) is 5.14 Å². The molecule has 0 aromatic carbocycles. The van der Waals surface area contributed by atoms with E-state index in [4.69, 9.17) is 21.2 Å². The molecule has 0 unspecified atom stereocenters. The largest absolute Gasteiger partial charge is 0.431 e. The van der Waals surface area contributed by atoms with E-state index in [9.17, 15) is 13.5 Å². The van der Waals surface area contributed by atoms with E-state index < -0.39 is 20.7 Å². The summed E-state index contributed by atoms with van der Waals surface area (Å²) in [5.74, 6) is 0. The molecule has 0 radical (unpaired) electrons. The minimum atomic E-state index is -3.93. The lowest BCUT2D eigenvalue weighted by Gasteiger charge is -2.14. The number of halogens is 1. The molecule has 0 aliphatic heterocycles. The van der Waals surface area contributed by atoms with Gasteiger partial charge >= 0.3 is 0 Å². The second kappa shape index (κ2) is 3.23. The first-order chi connectivity index (χ1) is 6.12. The fraction of sp³-hybridized carbons (Fsp3) is 0.429. The molecule has 3 N–H and O–H groups in total. The number of sulfonamides is 1. The lowest BCUT2D eigenvalue weighted by atomic mass is 10.0. The highest BCUT2D eigenvalue weighted by atomic mass is 35.5. The van der Waals surface area contributed by atoms with E-state index in [2.05, 4.69) is 0 Å². The van der Waals surface area contributed by atoms with Gasteiger partial charge in [-0.1, -0.05) is 0 Å². The van der Waals surface area contributed by atoms with Crippen molar-refractivity contribution >= 4 is 21.6 Å². The second-order valence-corrected chi connectivity index (χ2v) is 5.19. The number of nitrogens with two attached hydrogens (primary N) is 1. The molecule has 0 fully saturated rings. The lowest BCUT2D eigenvalue weighted by molar-refractivity contribution is 0.0781. The quantitative estimate of drug-likeness (QED) is 0.799. The van der Waals surface area contributed by atoms with E-state index in [0.717, 1.165) is 6.07 Å². The molecule has 0 spiro atoms. The molecule has 0 aliphatic rings. The van der Waals surface area contributed by atoms with E-state index in [1.165, 1.54) is 13.8 Å². The number of hydrogen-bond donors (Lipinski definition) is 2. The Hall–Kier alpha value is -0.560. The summed E-state index contributed by atoms with van der Waals surface area (Å²) in [4.78, 5) is 0. The molecule has 0 amide bonds. The van der Waals surface area contributed by atoms with Gasteiger partial charge in [-0.2, -0.15) is 0 Å². The highest BCUT2D eigenvalue weighted by Gasteiger charge is 2.26.